The predicted molar refractivity (Wildman–Crippen MR) is 103 cm³/mol. The highest BCUT2D eigenvalue weighted by Crippen LogP contribution is 2.33. The largest absolute Gasteiger partial charge is 0.369 e. The van der Waals surface area contributed by atoms with Crippen LogP contribution in [0.15, 0.2) is 54.6 Å². The zero-order valence-electron chi connectivity index (χ0n) is 14.6. The lowest BCUT2D eigenvalue weighted by Crippen LogP contribution is -2.42. The number of likely N-dealkylation sites (tertiary alicyclic amines) is 1. The van der Waals surface area contributed by atoms with Gasteiger partial charge in [0.05, 0.1) is 0 Å². The molecule has 0 spiro atoms. The van der Waals surface area contributed by atoms with Gasteiger partial charge in [-0.15, -0.1) is 0 Å². The Morgan fingerprint density at radius 2 is 1.65 bits per heavy atom. The van der Waals surface area contributed by atoms with Gasteiger partial charge in [0.2, 0.25) is 11.8 Å². The Morgan fingerprint density at radius 3 is 2.27 bits per heavy atom. The fraction of sp³-hybridized carbons (Fsp3) is 0.333. The van der Waals surface area contributed by atoms with Crippen molar-refractivity contribution in [2.45, 2.75) is 25.2 Å². The summed E-state index contributed by atoms with van der Waals surface area (Å²) >= 11 is 6.42. The van der Waals surface area contributed by atoms with Crippen molar-refractivity contribution >= 4 is 23.4 Å². The van der Waals surface area contributed by atoms with Crippen LogP contribution in [0.2, 0.25) is 5.02 Å². The maximum absolute atomic E-state index is 12.9. The lowest BCUT2D eigenvalue weighted by atomic mass is 9.87. The van der Waals surface area contributed by atoms with Gasteiger partial charge in [0, 0.05) is 36.4 Å². The molecule has 1 aliphatic rings. The van der Waals surface area contributed by atoms with Crippen LogP contribution in [0.1, 0.15) is 36.3 Å². The van der Waals surface area contributed by atoms with Crippen molar-refractivity contribution in [1.29, 1.82) is 0 Å². The molecule has 0 radical (unpaired) electrons. The molecule has 2 N–H and O–H groups in total. The Kier molecular flexibility index (Phi) is 5.94. The Bertz CT molecular complexity index is 771. The van der Waals surface area contributed by atoms with Gasteiger partial charge in [-0.3, -0.25) is 9.59 Å². The molecule has 0 aliphatic carbocycles. The van der Waals surface area contributed by atoms with E-state index in [4.69, 9.17) is 17.3 Å². The van der Waals surface area contributed by atoms with Crippen molar-refractivity contribution in [2.75, 3.05) is 13.1 Å². The molecule has 0 saturated carbocycles. The highest BCUT2D eigenvalue weighted by molar-refractivity contribution is 6.31. The van der Waals surface area contributed by atoms with Crippen molar-refractivity contribution in [3.05, 3.63) is 70.7 Å². The number of amides is 2. The highest BCUT2D eigenvalue weighted by atomic mass is 35.5. The van der Waals surface area contributed by atoms with Crippen LogP contribution in [0.25, 0.3) is 0 Å². The first-order valence-electron chi connectivity index (χ1n) is 8.92. The second-order valence-corrected chi connectivity index (χ2v) is 7.15. The molecule has 2 amide bonds. The number of carbonyl (C=O) groups excluding carboxylic acids is 2. The number of benzene rings is 2. The maximum Gasteiger partial charge on any atom is 0.223 e. The Balaban J connectivity index is 1.78. The number of piperidine rings is 1. The molecule has 1 fully saturated rings. The molecule has 1 atom stereocenters. The van der Waals surface area contributed by atoms with E-state index in [1.165, 1.54) is 0 Å². The lowest BCUT2D eigenvalue weighted by molar-refractivity contribution is -0.135. The highest BCUT2D eigenvalue weighted by Gasteiger charge is 2.28. The third kappa shape index (κ3) is 4.25. The lowest BCUT2D eigenvalue weighted by Gasteiger charge is -2.32. The van der Waals surface area contributed by atoms with Crippen molar-refractivity contribution in [1.82, 2.24) is 4.90 Å². The molecule has 0 aromatic heterocycles. The smallest absolute Gasteiger partial charge is 0.223 e. The van der Waals surface area contributed by atoms with Crippen LogP contribution in [0.5, 0.6) is 0 Å². The third-order valence-electron chi connectivity index (χ3n) is 5.11. The van der Waals surface area contributed by atoms with Crippen molar-refractivity contribution < 1.29 is 9.59 Å². The summed E-state index contributed by atoms with van der Waals surface area (Å²) in [7, 11) is 0. The van der Waals surface area contributed by atoms with Gasteiger partial charge in [0.15, 0.2) is 0 Å². The number of hydrogen-bond acceptors (Lipinski definition) is 2. The van der Waals surface area contributed by atoms with Crippen molar-refractivity contribution in [3.63, 3.8) is 0 Å². The molecule has 1 aliphatic heterocycles. The monoisotopic (exact) mass is 370 g/mol. The van der Waals surface area contributed by atoms with Crippen LogP contribution < -0.4 is 5.73 Å². The van der Waals surface area contributed by atoms with Crippen LogP contribution in [0.3, 0.4) is 0 Å². The van der Waals surface area contributed by atoms with E-state index in [9.17, 15) is 9.59 Å². The van der Waals surface area contributed by atoms with Gasteiger partial charge in [-0.05, 0) is 30.0 Å². The normalized spacial score (nSPS) is 16.3. The van der Waals surface area contributed by atoms with Gasteiger partial charge in [-0.25, -0.2) is 0 Å². The van der Waals surface area contributed by atoms with E-state index in [0.717, 1.165) is 11.1 Å². The van der Waals surface area contributed by atoms with E-state index in [1.807, 2.05) is 59.5 Å². The quantitative estimate of drug-likeness (QED) is 0.874. The predicted octanol–water partition coefficient (Wildman–Crippen LogP) is 3.59. The summed E-state index contributed by atoms with van der Waals surface area (Å²) in [6, 6.07) is 17.6. The average Bonchev–Trinajstić information content (AvgIpc) is 2.67. The number of rotatable bonds is 5. The average molecular weight is 371 g/mol. The number of carbonyl (C=O) groups is 2. The van der Waals surface area contributed by atoms with E-state index in [-0.39, 0.29) is 23.7 Å². The van der Waals surface area contributed by atoms with E-state index in [1.54, 1.807) is 0 Å². The summed E-state index contributed by atoms with van der Waals surface area (Å²) < 4.78 is 0. The summed E-state index contributed by atoms with van der Waals surface area (Å²) in [6.45, 7) is 1.16. The van der Waals surface area contributed by atoms with Crippen molar-refractivity contribution in [2.24, 2.45) is 11.7 Å². The van der Waals surface area contributed by atoms with E-state index in [0.29, 0.717) is 37.4 Å². The molecule has 1 heterocycles. The van der Waals surface area contributed by atoms with Crippen LogP contribution in [-0.2, 0) is 9.59 Å². The minimum Gasteiger partial charge on any atom is -0.369 e. The molecule has 0 bridgehead atoms. The third-order valence-corrected chi connectivity index (χ3v) is 5.46. The Morgan fingerprint density at radius 1 is 1.04 bits per heavy atom. The number of nitrogens with zero attached hydrogens (tertiary/aromatic N) is 1. The van der Waals surface area contributed by atoms with Gasteiger partial charge >= 0.3 is 0 Å². The standard InChI is InChI=1S/C21H23ClN2O2/c22-19-9-5-4-8-17(19)18(15-6-2-1-3-7-15)14-20(25)24-12-10-16(11-13-24)21(23)26/h1-9,16,18H,10-14H2,(H2,23,26)/t18-/m0/s1. The fourth-order valence-electron chi connectivity index (χ4n) is 3.57. The fourth-order valence-corrected chi connectivity index (χ4v) is 3.83. The molecule has 2 aromatic carbocycles. The van der Waals surface area contributed by atoms with Crippen LogP contribution in [0.4, 0.5) is 0 Å². The zero-order valence-corrected chi connectivity index (χ0v) is 15.4. The Hall–Kier alpha value is -2.33. The van der Waals surface area contributed by atoms with Crippen LogP contribution in [0, 0.1) is 5.92 Å². The molecular formula is C21H23ClN2O2. The maximum atomic E-state index is 12.9. The zero-order chi connectivity index (χ0) is 18.5. The van der Waals surface area contributed by atoms with Crippen LogP contribution >= 0.6 is 11.6 Å². The van der Waals surface area contributed by atoms with E-state index >= 15 is 0 Å². The minimum absolute atomic E-state index is 0.0849. The first-order chi connectivity index (χ1) is 12.6. The summed E-state index contributed by atoms with van der Waals surface area (Å²) in [6.07, 6.45) is 1.64. The first kappa shape index (κ1) is 18.5. The topological polar surface area (TPSA) is 63.4 Å². The molecule has 2 aromatic rings. The summed E-state index contributed by atoms with van der Waals surface area (Å²) in [5.74, 6) is -0.393. The van der Waals surface area contributed by atoms with E-state index < -0.39 is 0 Å². The summed E-state index contributed by atoms with van der Waals surface area (Å²) in [5.41, 5.74) is 7.41. The number of halogens is 1. The van der Waals surface area contributed by atoms with Gasteiger partial charge in [0.25, 0.3) is 0 Å². The summed E-state index contributed by atoms with van der Waals surface area (Å²) in [5, 5.41) is 0.668. The second kappa shape index (κ2) is 8.37. The minimum atomic E-state index is -0.268. The number of primary amides is 1. The van der Waals surface area contributed by atoms with Gasteiger partial charge in [0.1, 0.15) is 0 Å². The first-order valence-corrected chi connectivity index (χ1v) is 9.30. The van der Waals surface area contributed by atoms with Gasteiger partial charge in [-0.1, -0.05) is 60.1 Å². The van der Waals surface area contributed by atoms with Gasteiger partial charge in [-0.2, -0.15) is 0 Å². The molecule has 5 heteroatoms. The second-order valence-electron chi connectivity index (χ2n) is 6.75. The SMILES string of the molecule is NC(=O)C1CCN(C(=O)C[C@@H](c2ccccc2)c2ccccc2Cl)CC1. The molecule has 26 heavy (non-hydrogen) atoms. The van der Waals surface area contributed by atoms with Crippen molar-refractivity contribution in [3.8, 4) is 0 Å². The molecule has 3 rings (SSSR count). The molecule has 1 saturated heterocycles. The number of nitrogens with two attached hydrogens (primary N) is 1. The molecule has 0 unspecified atom stereocenters. The van der Waals surface area contributed by atoms with E-state index in [2.05, 4.69) is 0 Å². The summed E-state index contributed by atoms with van der Waals surface area (Å²) in [4.78, 5) is 26.1. The van der Waals surface area contributed by atoms with Gasteiger partial charge < -0.3 is 10.6 Å². The molecule has 4 nitrogen and oxygen atoms in total. The Labute approximate surface area is 158 Å². The molecule has 136 valence electrons. The molecular weight excluding hydrogens is 348 g/mol. The number of hydrogen-bond donors (Lipinski definition) is 1. The van der Waals surface area contributed by atoms with Crippen LogP contribution in [-0.4, -0.2) is 29.8 Å².